The summed E-state index contributed by atoms with van der Waals surface area (Å²) in [5, 5.41) is 2.70. The zero-order valence-electron chi connectivity index (χ0n) is 10.9. The predicted molar refractivity (Wildman–Crippen MR) is 70.9 cm³/mol. The molecule has 1 aromatic carbocycles. The Morgan fingerprint density at radius 1 is 1.44 bits per heavy atom. The smallest absolute Gasteiger partial charge is 0.239 e. The summed E-state index contributed by atoms with van der Waals surface area (Å²) >= 11 is 0. The molecule has 0 aliphatic rings. The summed E-state index contributed by atoms with van der Waals surface area (Å²) in [5.74, 6) is -0.463. The number of nitrogens with one attached hydrogen (secondary N) is 1. The van der Waals surface area contributed by atoms with Gasteiger partial charge < -0.3 is 16.0 Å². The first-order chi connectivity index (χ1) is 8.63. The maximum atomic E-state index is 13.9. The van der Waals surface area contributed by atoms with E-state index in [1.54, 1.807) is 17.0 Å². The standard InChI is InChI=1S/C13H20FN3O/c1-3-16-12(18)9-17(4-2)13-10(8-15)6-5-7-11(13)14/h5-7H,3-4,8-9,15H2,1-2H3,(H,16,18). The van der Waals surface area contributed by atoms with Crippen molar-refractivity contribution in [2.24, 2.45) is 5.73 Å². The van der Waals surface area contributed by atoms with E-state index in [1.165, 1.54) is 6.07 Å². The zero-order chi connectivity index (χ0) is 13.5. The van der Waals surface area contributed by atoms with Crippen LogP contribution in [0.4, 0.5) is 10.1 Å². The molecule has 0 heterocycles. The van der Waals surface area contributed by atoms with Crippen LogP contribution in [0.15, 0.2) is 18.2 Å². The number of halogens is 1. The van der Waals surface area contributed by atoms with Crippen LogP contribution < -0.4 is 16.0 Å². The summed E-state index contributed by atoms with van der Waals surface area (Å²) in [6, 6.07) is 4.79. The molecule has 0 radical (unpaired) electrons. The molecule has 0 unspecified atom stereocenters. The van der Waals surface area contributed by atoms with E-state index in [-0.39, 0.29) is 24.8 Å². The highest BCUT2D eigenvalue weighted by Crippen LogP contribution is 2.23. The number of para-hydroxylation sites is 1. The van der Waals surface area contributed by atoms with Gasteiger partial charge >= 0.3 is 0 Å². The first-order valence-corrected chi connectivity index (χ1v) is 6.13. The molecule has 0 aromatic heterocycles. The highest BCUT2D eigenvalue weighted by atomic mass is 19.1. The van der Waals surface area contributed by atoms with Gasteiger partial charge in [-0.25, -0.2) is 4.39 Å². The Kier molecular flexibility index (Phi) is 5.58. The highest BCUT2D eigenvalue weighted by Gasteiger charge is 2.16. The van der Waals surface area contributed by atoms with Crippen molar-refractivity contribution in [2.75, 3.05) is 24.5 Å². The number of carbonyl (C=O) groups excluding carboxylic acids is 1. The lowest BCUT2D eigenvalue weighted by Crippen LogP contribution is -2.38. The number of nitrogens with two attached hydrogens (primary N) is 1. The summed E-state index contributed by atoms with van der Waals surface area (Å²) in [4.78, 5) is 13.3. The summed E-state index contributed by atoms with van der Waals surface area (Å²) in [7, 11) is 0. The van der Waals surface area contributed by atoms with Crippen molar-refractivity contribution in [3.8, 4) is 0 Å². The summed E-state index contributed by atoms with van der Waals surface area (Å²) < 4.78 is 13.9. The van der Waals surface area contributed by atoms with E-state index in [0.29, 0.717) is 24.3 Å². The Morgan fingerprint density at radius 3 is 2.72 bits per heavy atom. The minimum atomic E-state index is -0.343. The van der Waals surface area contributed by atoms with E-state index >= 15 is 0 Å². The Balaban J connectivity index is 2.97. The van der Waals surface area contributed by atoms with Gasteiger partial charge in [0.15, 0.2) is 0 Å². The van der Waals surface area contributed by atoms with Gasteiger partial charge in [0.25, 0.3) is 0 Å². The minimum absolute atomic E-state index is 0.120. The van der Waals surface area contributed by atoms with Crippen LogP contribution in [0.25, 0.3) is 0 Å². The van der Waals surface area contributed by atoms with Gasteiger partial charge in [-0.2, -0.15) is 0 Å². The average molecular weight is 253 g/mol. The van der Waals surface area contributed by atoms with E-state index in [0.717, 1.165) is 0 Å². The van der Waals surface area contributed by atoms with Crippen LogP contribution in [0.1, 0.15) is 19.4 Å². The van der Waals surface area contributed by atoms with Crippen molar-refractivity contribution in [3.63, 3.8) is 0 Å². The number of amides is 1. The number of rotatable bonds is 6. The molecule has 1 aromatic rings. The number of benzene rings is 1. The van der Waals surface area contributed by atoms with Crippen LogP contribution in [0, 0.1) is 5.82 Å². The highest BCUT2D eigenvalue weighted by molar-refractivity contribution is 5.81. The number of hydrogen-bond donors (Lipinski definition) is 2. The first kappa shape index (κ1) is 14.4. The summed E-state index contributed by atoms with van der Waals surface area (Å²) in [5.41, 5.74) is 6.74. The van der Waals surface area contributed by atoms with Gasteiger partial charge in [0.05, 0.1) is 12.2 Å². The second kappa shape index (κ2) is 6.96. The third-order valence-corrected chi connectivity index (χ3v) is 2.70. The van der Waals surface area contributed by atoms with Gasteiger partial charge in [-0.05, 0) is 25.5 Å². The summed E-state index contributed by atoms with van der Waals surface area (Å²) in [6.07, 6.45) is 0. The van der Waals surface area contributed by atoms with Crippen LogP contribution in [0.2, 0.25) is 0 Å². The number of anilines is 1. The molecule has 4 nitrogen and oxygen atoms in total. The SMILES string of the molecule is CCNC(=O)CN(CC)c1c(F)cccc1CN. The maximum absolute atomic E-state index is 13.9. The lowest BCUT2D eigenvalue weighted by atomic mass is 10.1. The van der Waals surface area contributed by atoms with Gasteiger partial charge in [0.2, 0.25) is 5.91 Å². The molecule has 0 aliphatic carbocycles. The average Bonchev–Trinajstić information content (AvgIpc) is 2.36. The van der Waals surface area contributed by atoms with Gasteiger partial charge in [-0.3, -0.25) is 4.79 Å². The van der Waals surface area contributed by atoms with E-state index < -0.39 is 0 Å². The Labute approximate surface area is 107 Å². The zero-order valence-corrected chi connectivity index (χ0v) is 10.9. The molecule has 1 amide bonds. The molecular weight excluding hydrogens is 233 g/mol. The second-order valence-corrected chi connectivity index (χ2v) is 3.92. The molecular formula is C13H20FN3O. The van der Waals surface area contributed by atoms with Gasteiger partial charge in [0, 0.05) is 19.6 Å². The van der Waals surface area contributed by atoms with Gasteiger partial charge in [-0.15, -0.1) is 0 Å². The monoisotopic (exact) mass is 253 g/mol. The molecule has 100 valence electrons. The predicted octanol–water partition coefficient (Wildman–Crippen LogP) is 1.25. The topological polar surface area (TPSA) is 58.4 Å². The van der Waals surface area contributed by atoms with Crippen molar-refractivity contribution < 1.29 is 9.18 Å². The fraction of sp³-hybridized carbons (Fsp3) is 0.462. The fourth-order valence-electron chi connectivity index (χ4n) is 1.85. The molecule has 1 rings (SSSR count). The summed E-state index contributed by atoms with van der Waals surface area (Å²) in [6.45, 7) is 5.23. The van der Waals surface area contributed by atoms with E-state index in [4.69, 9.17) is 5.73 Å². The number of hydrogen-bond acceptors (Lipinski definition) is 3. The lowest BCUT2D eigenvalue weighted by Gasteiger charge is -2.25. The van der Waals surface area contributed by atoms with Crippen LogP contribution in [0.3, 0.4) is 0 Å². The molecule has 5 heteroatoms. The van der Waals surface area contributed by atoms with E-state index in [9.17, 15) is 9.18 Å². The second-order valence-electron chi connectivity index (χ2n) is 3.92. The molecule has 18 heavy (non-hydrogen) atoms. The first-order valence-electron chi connectivity index (χ1n) is 6.13. The van der Waals surface area contributed by atoms with Crippen molar-refractivity contribution in [2.45, 2.75) is 20.4 Å². The largest absolute Gasteiger partial charge is 0.360 e. The third kappa shape index (κ3) is 3.43. The molecule has 0 aliphatic heterocycles. The fourth-order valence-corrected chi connectivity index (χ4v) is 1.85. The molecule has 0 atom stereocenters. The molecule has 3 N–H and O–H groups in total. The van der Waals surface area contributed by atoms with E-state index in [1.807, 2.05) is 13.8 Å². The van der Waals surface area contributed by atoms with Gasteiger partial charge in [0.1, 0.15) is 5.82 Å². The van der Waals surface area contributed by atoms with Gasteiger partial charge in [-0.1, -0.05) is 12.1 Å². The molecule has 0 fully saturated rings. The van der Waals surface area contributed by atoms with Crippen LogP contribution in [-0.4, -0.2) is 25.5 Å². The van der Waals surface area contributed by atoms with Crippen LogP contribution in [-0.2, 0) is 11.3 Å². The van der Waals surface area contributed by atoms with Crippen molar-refractivity contribution in [1.82, 2.24) is 5.32 Å². The van der Waals surface area contributed by atoms with Crippen molar-refractivity contribution in [1.29, 1.82) is 0 Å². The minimum Gasteiger partial charge on any atom is -0.360 e. The number of carbonyl (C=O) groups is 1. The third-order valence-electron chi connectivity index (χ3n) is 2.70. The normalized spacial score (nSPS) is 10.2. The molecule has 0 saturated carbocycles. The number of likely N-dealkylation sites (N-methyl/N-ethyl adjacent to an activating group) is 2. The lowest BCUT2D eigenvalue weighted by molar-refractivity contribution is -0.119. The molecule has 0 spiro atoms. The van der Waals surface area contributed by atoms with Crippen molar-refractivity contribution in [3.05, 3.63) is 29.6 Å². The molecule has 0 saturated heterocycles. The quantitative estimate of drug-likeness (QED) is 0.802. The van der Waals surface area contributed by atoms with Crippen LogP contribution in [0.5, 0.6) is 0 Å². The van der Waals surface area contributed by atoms with Crippen molar-refractivity contribution >= 4 is 11.6 Å². The Morgan fingerprint density at radius 2 is 2.17 bits per heavy atom. The molecule has 0 bridgehead atoms. The maximum Gasteiger partial charge on any atom is 0.239 e. The Bertz CT molecular complexity index is 409. The van der Waals surface area contributed by atoms with E-state index in [2.05, 4.69) is 5.32 Å². The Hall–Kier alpha value is -1.62. The van der Waals surface area contributed by atoms with Crippen LogP contribution >= 0.6 is 0 Å². The number of nitrogens with zero attached hydrogens (tertiary/aromatic N) is 1.